The van der Waals surface area contributed by atoms with E-state index in [1.54, 1.807) is 4.31 Å². The van der Waals surface area contributed by atoms with Crippen LogP contribution >= 0.6 is 0 Å². The molecule has 0 saturated carbocycles. The quantitative estimate of drug-likeness (QED) is 0.814. The van der Waals surface area contributed by atoms with Gasteiger partial charge in [-0.05, 0) is 52.2 Å². The van der Waals surface area contributed by atoms with Gasteiger partial charge in [0, 0.05) is 25.7 Å². The average molecular weight is 303 g/mol. The molecule has 2 rings (SSSR count). The number of piperidine rings is 2. The largest absolute Gasteiger partial charge is 0.313 e. The van der Waals surface area contributed by atoms with Crippen LogP contribution < -0.4 is 5.32 Å². The Bertz CT molecular complexity index is 383. The Morgan fingerprint density at radius 1 is 1.15 bits per heavy atom. The fourth-order valence-corrected chi connectivity index (χ4v) is 5.08. The van der Waals surface area contributed by atoms with E-state index in [0.29, 0.717) is 19.0 Å². The molecule has 1 N–H and O–H groups in total. The van der Waals surface area contributed by atoms with Gasteiger partial charge in [-0.2, -0.15) is 0 Å². The Morgan fingerprint density at radius 2 is 1.85 bits per heavy atom. The minimum atomic E-state index is -3.08. The van der Waals surface area contributed by atoms with Crippen LogP contribution in [0, 0.1) is 5.92 Å². The number of hydrogen-bond acceptors (Lipinski definition) is 4. The first-order chi connectivity index (χ1) is 9.47. The van der Waals surface area contributed by atoms with Gasteiger partial charge in [0.15, 0.2) is 0 Å². The molecule has 2 aliphatic rings. The van der Waals surface area contributed by atoms with E-state index in [-0.39, 0.29) is 11.8 Å². The van der Waals surface area contributed by atoms with Gasteiger partial charge in [0.25, 0.3) is 0 Å². The SMILES string of the molecule is CN(C)CC1CCN(S(=O)(=O)CC2CCCCN2)CC1. The van der Waals surface area contributed by atoms with E-state index in [4.69, 9.17) is 0 Å². The topological polar surface area (TPSA) is 52.7 Å². The van der Waals surface area contributed by atoms with Crippen LogP contribution in [0.15, 0.2) is 0 Å². The van der Waals surface area contributed by atoms with Crippen molar-refractivity contribution in [3.63, 3.8) is 0 Å². The van der Waals surface area contributed by atoms with E-state index in [1.165, 1.54) is 6.42 Å². The highest BCUT2D eigenvalue weighted by atomic mass is 32.2. The summed E-state index contributed by atoms with van der Waals surface area (Å²) in [7, 11) is 1.08. The van der Waals surface area contributed by atoms with Crippen LogP contribution in [0.5, 0.6) is 0 Å². The molecule has 118 valence electrons. The molecule has 2 aliphatic heterocycles. The molecule has 2 heterocycles. The van der Waals surface area contributed by atoms with Gasteiger partial charge in [-0.25, -0.2) is 12.7 Å². The Kier molecular flexibility index (Phi) is 5.84. The van der Waals surface area contributed by atoms with Crippen LogP contribution in [0.3, 0.4) is 0 Å². The van der Waals surface area contributed by atoms with Crippen molar-refractivity contribution < 1.29 is 8.42 Å². The fourth-order valence-electron chi connectivity index (χ4n) is 3.31. The molecule has 0 bridgehead atoms. The maximum absolute atomic E-state index is 12.5. The molecule has 0 aromatic heterocycles. The lowest BCUT2D eigenvalue weighted by Crippen LogP contribution is -2.47. The maximum Gasteiger partial charge on any atom is 0.215 e. The second kappa shape index (κ2) is 7.20. The van der Waals surface area contributed by atoms with E-state index in [1.807, 2.05) is 0 Å². The molecular formula is C14H29N3O2S. The van der Waals surface area contributed by atoms with Gasteiger partial charge >= 0.3 is 0 Å². The Balaban J connectivity index is 1.82. The summed E-state index contributed by atoms with van der Waals surface area (Å²) in [5.41, 5.74) is 0. The summed E-state index contributed by atoms with van der Waals surface area (Å²) in [5, 5.41) is 3.34. The van der Waals surface area contributed by atoms with Gasteiger partial charge in [0.1, 0.15) is 0 Å². The van der Waals surface area contributed by atoms with Crippen molar-refractivity contribution in [1.29, 1.82) is 0 Å². The molecule has 0 radical (unpaired) electrons. The molecule has 1 atom stereocenters. The monoisotopic (exact) mass is 303 g/mol. The van der Waals surface area contributed by atoms with E-state index in [2.05, 4.69) is 24.3 Å². The van der Waals surface area contributed by atoms with Gasteiger partial charge in [-0.3, -0.25) is 0 Å². The molecule has 2 saturated heterocycles. The smallest absolute Gasteiger partial charge is 0.215 e. The molecule has 0 aromatic rings. The van der Waals surface area contributed by atoms with Crippen LogP contribution in [-0.2, 0) is 10.0 Å². The van der Waals surface area contributed by atoms with Crippen molar-refractivity contribution in [2.75, 3.05) is 46.0 Å². The van der Waals surface area contributed by atoms with Gasteiger partial charge in [0.2, 0.25) is 10.0 Å². The predicted octanol–water partition coefficient (Wildman–Crippen LogP) is 0.732. The van der Waals surface area contributed by atoms with Crippen LogP contribution in [0.2, 0.25) is 0 Å². The normalized spacial score (nSPS) is 27.1. The van der Waals surface area contributed by atoms with Gasteiger partial charge < -0.3 is 10.2 Å². The minimum Gasteiger partial charge on any atom is -0.313 e. The third-order valence-corrected chi connectivity index (χ3v) is 6.39. The first-order valence-corrected chi connectivity index (χ1v) is 9.44. The standard InChI is InChI=1S/C14H29N3O2S/c1-16(2)11-13-6-9-17(10-7-13)20(18,19)12-14-5-3-4-8-15-14/h13-15H,3-12H2,1-2H3. The summed E-state index contributed by atoms with van der Waals surface area (Å²) in [6.07, 6.45) is 5.31. The van der Waals surface area contributed by atoms with Crippen LogP contribution in [0.4, 0.5) is 0 Å². The van der Waals surface area contributed by atoms with Gasteiger partial charge in [-0.1, -0.05) is 6.42 Å². The van der Waals surface area contributed by atoms with Gasteiger partial charge in [-0.15, -0.1) is 0 Å². The van der Waals surface area contributed by atoms with Crippen LogP contribution in [-0.4, -0.2) is 69.7 Å². The highest BCUT2D eigenvalue weighted by Crippen LogP contribution is 2.21. The number of nitrogens with one attached hydrogen (secondary N) is 1. The lowest BCUT2D eigenvalue weighted by atomic mass is 9.98. The van der Waals surface area contributed by atoms with Crippen molar-refractivity contribution in [3.8, 4) is 0 Å². The molecular weight excluding hydrogens is 274 g/mol. The zero-order valence-corrected chi connectivity index (χ0v) is 13.7. The van der Waals surface area contributed by atoms with E-state index >= 15 is 0 Å². The molecule has 20 heavy (non-hydrogen) atoms. The van der Waals surface area contributed by atoms with Gasteiger partial charge in [0.05, 0.1) is 5.75 Å². The molecule has 6 heteroatoms. The first kappa shape index (κ1) is 16.2. The van der Waals surface area contributed by atoms with E-state index in [9.17, 15) is 8.42 Å². The zero-order chi connectivity index (χ0) is 14.6. The highest BCUT2D eigenvalue weighted by Gasteiger charge is 2.30. The fraction of sp³-hybridized carbons (Fsp3) is 1.00. The second-order valence-electron chi connectivity index (χ2n) is 6.53. The van der Waals surface area contributed by atoms with Crippen molar-refractivity contribution in [2.24, 2.45) is 5.92 Å². The summed E-state index contributed by atoms with van der Waals surface area (Å²) in [5.74, 6) is 0.926. The maximum atomic E-state index is 12.5. The molecule has 0 spiro atoms. The number of nitrogens with zero attached hydrogens (tertiary/aromatic N) is 2. The number of hydrogen-bond donors (Lipinski definition) is 1. The highest BCUT2D eigenvalue weighted by molar-refractivity contribution is 7.89. The van der Waals surface area contributed by atoms with E-state index in [0.717, 1.165) is 38.8 Å². The number of rotatable bonds is 5. The van der Waals surface area contributed by atoms with Crippen LogP contribution in [0.1, 0.15) is 32.1 Å². The van der Waals surface area contributed by atoms with Crippen molar-refractivity contribution in [3.05, 3.63) is 0 Å². The molecule has 5 nitrogen and oxygen atoms in total. The summed E-state index contributed by atoms with van der Waals surface area (Å²) in [6, 6.07) is 0.160. The summed E-state index contributed by atoms with van der Waals surface area (Å²) < 4.78 is 26.6. The lowest BCUT2D eigenvalue weighted by molar-refractivity contribution is 0.224. The summed E-state index contributed by atoms with van der Waals surface area (Å²) in [6.45, 7) is 3.43. The van der Waals surface area contributed by atoms with Crippen molar-refractivity contribution in [2.45, 2.75) is 38.1 Å². The predicted molar refractivity (Wildman–Crippen MR) is 82.3 cm³/mol. The lowest BCUT2D eigenvalue weighted by Gasteiger charge is -2.34. The summed E-state index contributed by atoms with van der Waals surface area (Å²) in [4.78, 5) is 2.20. The first-order valence-electron chi connectivity index (χ1n) is 7.83. The minimum absolute atomic E-state index is 0.160. The number of sulfonamides is 1. The molecule has 2 fully saturated rings. The molecule has 1 unspecified atom stereocenters. The van der Waals surface area contributed by atoms with Crippen molar-refractivity contribution in [1.82, 2.24) is 14.5 Å². The third-order valence-electron chi connectivity index (χ3n) is 4.41. The average Bonchev–Trinajstić information content (AvgIpc) is 2.39. The van der Waals surface area contributed by atoms with E-state index < -0.39 is 10.0 Å². The second-order valence-corrected chi connectivity index (χ2v) is 8.54. The summed E-state index contributed by atoms with van der Waals surface area (Å²) >= 11 is 0. The Labute approximate surface area is 123 Å². The third kappa shape index (κ3) is 4.69. The van der Waals surface area contributed by atoms with Crippen LogP contribution in [0.25, 0.3) is 0 Å². The van der Waals surface area contributed by atoms with Crippen molar-refractivity contribution >= 4 is 10.0 Å². The Morgan fingerprint density at radius 3 is 2.40 bits per heavy atom. The molecule has 0 aliphatic carbocycles. The molecule has 0 aromatic carbocycles. The zero-order valence-electron chi connectivity index (χ0n) is 12.8. The molecule has 0 amide bonds. The Hall–Kier alpha value is -0.170.